The van der Waals surface area contributed by atoms with E-state index in [0.717, 1.165) is 5.56 Å². The Kier molecular flexibility index (Phi) is 7.43. The quantitative estimate of drug-likeness (QED) is 0.701. The van der Waals surface area contributed by atoms with E-state index in [2.05, 4.69) is 10.6 Å². The largest absolute Gasteiger partial charge is 0.493 e. The number of methoxy groups -OCH3 is 1. The van der Waals surface area contributed by atoms with Gasteiger partial charge in [-0.05, 0) is 37.6 Å². The Hall–Kier alpha value is -3.28. The van der Waals surface area contributed by atoms with Gasteiger partial charge in [-0.2, -0.15) is 0 Å². The third kappa shape index (κ3) is 6.18. The molecule has 0 aliphatic heterocycles. The van der Waals surface area contributed by atoms with Crippen LogP contribution < -0.4 is 20.1 Å². The van der Waals surface area contributed by atoms with Gasteiger partial charge in [-0.1, -0.05) is 30.3 Å². The van der Waals surface area contributed by atoms with Gasteiger partial charge in [0.15, 0.2) is 11.5 Å². The number of amides is 2. The highest BCUT2D eigenvalue weighted by Crippen LogP contribution is 2.30. The van der Waals surface area contributed by atoms with Crippen LogP contribution in [0.2, 0.25) is 0 Å². The van der Waals surface area contributed by atoms with Crippen LogP contribution in [0.5, 0.6) is 11.5 Å². The molecular weight excluding hydrogens is 344 g/mol. The maximum Gasteiger partial charge on any atom is 0.246 e. The molecule has 6 nitrogen and oxygen atoms in total. The lowest BCUT2D eigenvalue weighted by molar-refractivity contribution is -0.123. The van der Waals surface area contributed by atoms with Crippen molar-refractivity contribution in [3.8, 4) is 11.5 Å². The van der Waals surface area contributed by atoms with Crippen molar-refractivity contribution >= 4 is 23.6 Å². The fourth-order valence-corrected chi connectivity index (χ4v) is 2.33. The summed E-state index contributed by atoms with van der Waals surface area (Å²) in [5.41, 5.74) is 1.47. The molecule has 1 atom stereocenters. The fourth-order valence-electron chi connectivity index (χ4n) is 2.33. The number of carbonyl (C=O) groups is 2. The number of nitrogens with one attached hydrogen (secondary N) is 2. The predicted molar refractivity (Wildman–Crippen MR) is 106 cm³/mol. The molecule has 2 aromatic carbocycles. The van der Waals surface area contributed by atoms with Crippen LogP contribution in [0.4, 0.5) is 5.69 Å². The fraction of sp³-hybridized carbons (Fsp3) is 0.238. The molecule has 2 amide bonds. The minimum atomic E-state index is -0.699. The molecule has 27 heavy (non-hydrogen) atoms. The second kappa shape index (κ2) is 10.0. The van der Waals surface area contributed by atoms with E-state index >= 15 is 0 Å². The molecule has 0 fully saturated rings. The molecule has 0 spiro atoms. The summed E-state index contributed by atoms with van der Waals surface area (Å²) >= 11 is 0. The minimum Gasteiger partial charge on any atom is -0.493 e. The van der Waals surface area contributed by atoms with Gasteiger partial charge in [0, 0.05) is 17.8 Å². The van der Waals surface area contributed by atoms with Gasteiger partial charge in [0.1, 0.15) is 6.04 Å². The zero-order chi connectivity index (χ0) is 19.6. The van der Waals surface area contributed by atoms with Crippen LogP contribution in [0.15, 0.2) is 54.6 Å². The average molecular weight is 368 g/mol. The van der Waals surface area contributed by atoms with E-state index in [1.807, 2.05) is 37.3 Å². The molecule has 0 radical (unpaired) electrons. The first-order chi connectivity index (χ1) is 13.0. The van der Waals surface area contributed by atoms with E-state index in [0.29, 0.717) is 23.8 Å². The number of ether oxygens (including phenoxy) is 2. The summed E-state index contributed by atoms with van der Waals surface area (Å²) in [6.07, 6.45) is 3.09. The van der Waals surface area contributed by atoms with E-state index in [-0.39, 0.29) is 11.8 Å². The van der Waals surface area contributed by atoms with Crippen molar-refractivity contribution in [3.05, 3.63) is 60.2 Å². The number of benzene rings is 2. The molecule has 2 rings (SSSR count). The highest BCUT2D eigenvalue weighted by molar-refractivity contribution is 5.99. The van der Waals surface area contributed by atoms with Crippen LogP contribution in [0, 0.1) is 0 Å². The van der Waals surface area contributed by atoms with E-state index in [1.54, 1.807) is 31.2 Å². The predicted octanol–water partition coefficient (Wildman–Crippen LogP) is 3.25. The second-order valence-corrected chi connectivity index (χ2v) is 5.76. The van der Waals surface area contributed by atoms with Gasteiger partial charge in [-0.25, -0.2) is 0 Å². The maximum atomic E-state index is 12.3. The number of carbonyl (C=O) groups excluding carboxylic acids is 2. The van der Waals surface area contributed by atoms with Gasteiger partial charge in [0.25, 0.3) is 0 Å². The first-order valence-corrected chi connectivity index (χ1v) is 8.68. The van der Waals surface area contributed by atoms with E-state index in [4.69, 9.17) is 9.47 Å². The van der Waals surface area contributed by atoms with Crippen molar-refractivity contribution in [2.24, 2.45) is 0 Å². The van der Waals surface area contributed by atoms with Crippen LogP contribution in [-0.2, 0) is 9.59 Å². The molecule has 0 saturated heterocycles. The van der Waals surface area contributed by atoms with Gasteiger partial charge in [-0.15, -0.1) is 0 Å². The first-order valence-electron chi connectivity index (χ1n) is 8.68. The molecule has 2 N–H and O–H groups in total. The Bertz CT molecular complexity index is 803. The summed E-state index contributed by atoms with van der Waals surface area (Å²) in [6.45, 7) is 4.02. The van der Waals surface area contributed by atoms with Crippen molar-refractivity contribution in [2.45, 2.75) is 19.9 Å². The summed E-state index contributed by atoms with van der Waals surface area (Å²) < 4.78 is 10.7. The van der Waals surface area contributed by atoms with Crippen molar-refractivity contribution in [1.29, 1.82) is 0 Å². The van der Waals surface area contributed by atoms with Gasteiger partial charge in [0.2, 0.25) is 11.8 Å². The molecule has 0 unspecified atom stereocenters. The molecule has 142 valence electrons. The minimum absolute atomic E-state index is 0.331. The summed E-state index contributed by atoms with van der Waals surface area (Å²) in [7, 11) is 1.53. The Morgan fingerprint density at radius 1 is 1.11 bits per heavy atom. The Labute approximate surface area is 159 Å². The summed E-state index contributed by atoms with van der Waals surface area (Å²) in [5.74, 6) is 0.455. The molecule has 0 aliphatic carbocycles. The summed E-state index contributed by atoms with van der Waals surface area (Å²) in [4.78, 5) is 24.3. The third-order valence-electron chi connectivity index (χ3n) is 3.71. The molecule has 0 heterocycles. The van der Waals surface area contributed by atoms with Crippen LogP contribution in [0.3, 0.4) is 0 Å². The lowest BCUT2D eigenvalue weighted by Crippen LogP contribution is -2.40. The van der Waals surface area contributed by atoms with Crippen molar-refractivity contribution in [3.63, 3.8) is 0 Å². The summed E-state index contributed by atoms with van der Waals surface area (Å²) in [5, 5.41) is 5.39. The molecule has 0 saturated carbocycles. The Morgan fingerprint density at radius 3 is 2.52 bits per heavy atom. The van der Waals surface area contributed by atoms with E-state index in [1.165, 1.54) is 13.2 Å². The number of hydrogen-bond donors (Lipinski definition) is 2. The van der Waals surface area contributed by atoms with Gasteiger partial charge < -0.3 is 20.1 Å². The number of anilines is 1. The zero-order valence-corrected chi connectivity index (χ0v) is 15.7. The average Bonchev–Trinajstić information content (AvgIpc) is 2.68. The monoisotopic (exact) mass is 368 g/mol. The van der Waals surface area contributed by atoms with Crippen molar-refractivity contribution in [1.82, 2.24) is 5.32 Å². The SMILES string of the molecule is CCOc1ccc(NC(=O)[C@H](C)NC(=O)/C=C/c2ccccc2)cc1OC. The van der Waals surface area contributed by atoms with Crippen LogP contribution >= 0.6 is 0 Å². The highest BCUT2D eigenvalue weighted by atomic mass is 16.5. The summed E-state index contributed by atoms with van der Waals surface area (Å²) in [6, 6.07) is 13.9. The normalized spacial score (nSPS) is 11.7. The van der Waals surface area contributed by atoms with Crippen molar-refractivity contribution < 1.29 is 19.1 Å². The van der Waals surface area contributed by atoms with Gasteiger partial charge in [-0.3, -0.25) is 9.59 Å². The maximum absolute atomic E-state index is 12.3. The Balaban J connectivity index is 1.93. The second-order valence-electron chi connectivity index (χ2n) is 5.76. The van der Waals surface area contributed by atoms with E-state index in [9.17, 15) is 9.59 Å². The number of rotatable bonds is 8. The molecule has 0 bridgehead atoms. The Morgan fingerprint density at radius 2 is 1.85 bits per heavy atom. The van der Waals surface area contributed by atoms with Gasteiger partial charge >= 0.3 is 0 Å². The molecular formula is C21H24N2O4. The van der Waals surface area contributed by atoms with Crippen LogP contribution in [0.1, 0.15) is 19.4 Å². The van der Waals surface area contributed by atoms with Crippen LogP contribution in [-0.4, -0.2) is 31.6 Å². The lowest BCUT2D eigenvalue weighted by Gasteiger charge is -2.15. The topological polar surface area (TPSA) is 76.7 Å². The van der Waals surface area contributed by atoms with Crippen molar-refractivity contribution in [2.75, 3.05) is 19.0 Å². The number of hydrogen-bond acceptors (Lipinski definition) is 4. The first kappa shape index (κ1) is 20.0. The van der Waals surface area contributed by atoms with Gasteiger partial charge in [0.05, 0.1) is 13.7 Å². The lowest BCUT2D eigenvalue weighted by atomic mass is 10.2. The molecule has 0 aliphatic rings. The zero-order valence-electron chi connectivity index (χ0n) is 15.7. The molecule has 6 heteroatoms. The van der Waals surface area contributed by atoms with Crippen LogP contribution in [0.25, 0.3) is 6.08 Å². The smallest absolute Gasteiger partial charge is 0.246 e. The third-order valence-corrected chi connectivity index (χ3v) is 3.71. The standard InChI is InChI=1S/C21H24N2O4/c1-4-27-18-12-11-17(14-19(18)26-3)23-21(25)15(2)22-20(24)13-10-16-8-6-5-7-9-16/h5-15H,4H2,1-3H3,(H,22,24)(H,23,25)/b13-10+/t15-/m0/s1. The molecule has 0 aromatic heterocycles. The highest BCUT2D eigenvalue weighted by Gasteiger charge is 2.15. The van der Waals surface area contributed by atoms with E-state index < -0.39 is 6.04 Å². The molecule has 2 aromatic rings.